The van der Waals surface area contributed by atoms with Gasteiger partial charge in [0.1, 0.15) is 6.04 Å². The number of carbonyl (C=O) groups is 2. The normalized spacial score (nSPS) is 20.2. The molecule has 1 atom stereocenters. The number of nitrogens with zero attached hydrogens (tertiary/aromatic N) is 1. The molecular formula is C12H14N2O2. The Labute approximate surface area is 94.2 Å². The maximum Gasteiger partial charge on any atom is 0.329 e. The predicted molar refractivity (Wildman–Crippen MR) is 61.4 cm³/mol. The van der Waals surface area contributed by atoms with E-state index in [2.05, 4.69) is 5.32 Å². The van der Waals surface area contributed by atoms with Crippen LogP contribution in [0.5, 0.6) is 0 Å². The van der Waals surface area contributed by atoms with Crippen LogP contribution in [0, 0.1) is 13.8 Å². The van der Waals surface area contributed by atoms with Gasteiger partial charge in [0.15, 0.2) is 0 Å². The van der Waals surface area contributed by atoms with Crippen molar-refractivity contribution in [2.24, 2.45) is 0 Å². The maximum atomic E-state index is 11.7. The van der Waals surface area contributed by atoms with Crippen molar-refractivity contribution in [3.63, 3.8) is 0 Å². The number of hydrogen-bond acceptors (Lipinski definition) is 2. The van der Waals surface area contributed by atoms with Gasteiger partial charge in [0, 0.05) is 5.69 Å². The Morgan fingerprint density at radius 3 is 2.50 bits per heavy atom. The van der Waals surface area contributed by atoms with Gasteiger partial charge in [-0.05, 0) is 38.0 Å². The number of urea groups is 1. The zero-order valence-corrected chi connectivity index (χ0v) is 9.57. The van der Waals surface area contributed by atoms with Crippen LogP contribution in [0.1, 0.15) is 18.1 Å². The third-order valence-electron chi connectivity index (χ3n) is 3.05. The van der Waals surface area contributed by atoms with Crippen LogP contribution in [0.3, 0.4) is 0 Å². The fourth-order valence-electron chi connectivity index (χ4n) is 1.88. The molecule has 1 heterocycles. The van der Waals surface area contributed by atoms with E-state index in [1.54, 1.807) is 6.92 Å². The van der Waals surface area contributed by atoms with E-state index in [0.29, 0.717) is 0 Å². The average Bonchev–Trinajstić information content (AvgIpc) is 2.47. The van der Waals surface area contributed by atoms with Gasteiger partial charge >= 0.3 is 6.03 Å². The second-order valence-corrected chi connectivity index (χ2v) is 4.06. The second kappa shape index (κ2) is 3.63. The first-order chi connectivity index (χ1) is 7.52. The molecule has 84 valence electrons. The van der Waals surface area contributed by atoms with E-state index in [9.17, 15) is 9.59 Å². The Kier molecular flexibility index (Phi) is 2.42. The lowest BCUT2D eigenvalue weighted by molar-refractivity contribution is -0.119. The number of hydrogen-bond donors (Lipinski definition) is 1. The molecule has 1 aliphatic rings. The summed E-state index contributed by atoms with van der Waals surface area (Å²) in [5, 5.41) is 2.31. The molecule has 1 unspecified atom stereocenters. The highest BCUT2D eigenvalue weighted by Gasteiger charge is 2.36. The van der Waals surface area contributed by atoms with Gasteiger partial charge in [-0.1, -0.05) is 12.1 Å². The van der Waals surface area contributed by atoms with Gasteiger partial charge in [0.05, 0.1) is 0 Å². The third kappa shape index (κ3) is 1.46. The van der Waals surface area contributed by atoms with E-state index in [1.807, 2.05) is 32.0 Å². The third-order valence-corrected chi connectivity index (χ3v) is 3.05. The number of imide groups is 1. The Bertz CT molecular complexity index is 468. The largest absolute Gasteiger partial charge is 0.329 e. The molecule has 0 aromatic heterocycles. The molecule has 1 aromatic rings. The molecule has 3 amide bonds. The molecule has 1 aromatic carbocycles. The molecule has 4 nitrogen and oxygen atoms in total. The first-order valence-corrected chi connectivity index (χ1v) is 5.22. The van der Waals surface area contributed by atoms with Gasteiger partial charge in [0.2, 0.25) is 0 Å². The summed E-state index contributed by atoms with van der Waals surface area (Å²) in [5.41, 5.74) is 2.94. The fraction of sp³-hybridized carbons (Fsp3) is 0.333. The number of amides is 3. The molecule has 1 aliphatic heterocycles. The first kappa shape index (κ1) is 10.7. The quantitative estimate of drug-likeness (QED) is 0.730. The molecule has 1 N–H and O–H groups in total. The first-order valence-electron chi connectivity index (χ1n) is 5.22. The van der Waals surface area contributed by atoms with Gasteiger partial charge < -0.3 is 0 Å². The minimum Gasteiger partial charge on any atom is -0.282 e. The van der Waals surface area contributed by atoms with Crippen molar-refractivity contribution in [2.45, 2.75) is 26.8 Å². The molecule has 0 radical (unpaired) electrons. The van der Waals surface area contributed by atoms with Crippen LogP contribution in [0.2, 0.25) is 0 Å². The highest BCUT2D eigenvalue weighted by Crippen LogP contribution is 2.26. The van der Waals surface area contributed by atoms with Crippen molar-refractivity contribution in [1.82, 2.24) is 5.32 Å². The number of carbonyl (C=O) groups excluding carboxylic acids is 2. The predicted octanol–water partition coefficient (Wildman–Crippen LogP) is 1.75. The number of nitrogens with one attached hydrogen (secondary N) is 1. The van der Waals surface area contributed by atoms with Crippen LogP contribution in [-0.2, 0) is 4.79 Å². The van der Waals surface area contributed by atoms with Crippen LogP contribution in [0.15, 0.2) is 18.2 Å². The minimum absolute atomic E-state index is 0.245. The van der Waals surface area contributed by atoms with Crippen molar-refractivity contribution in [1.29, 1.82) is 0 Å². The Morgan fingerprint density at radius 1 is 1.25 bits per heavy atom. The van der Waals surface area contributed by atoms with Gasteiger partial charge in [0.25, 0.3) is 5.91 Å². The Balaban J connectivity index is 2.48. The SMILES string of the molecule is Cc1cccc(N2C(=O)NC(=O)C2C)c1C. The zero-order valence-electron chi connectivity index (χ0n) is 9.57. The van der Waals surface area contributed by atoms with Crippen LogP contribution in [0.4, 0.5) is 10.5 Å². The molecule has 1 saturated heterocycles. The summed E-state index contributed by atoms with van der Waals surface area (Å²) in [5.74, 6) is -0.245. The van der Waals surface area contributed by atoms with E-state index >= 15 is 0 Å². The number of benzene rings is 1. The molecule has 1 fully saturated rings. The smallest absolute Gasteiger partial charge is 0.282 e. The zero-order chi connectivity index (χ0) is 11.9. The Morgan fingerprint density at radius 2 is 1.94 bits per heavy atom. The molecule has 0 aliphatic carbocycles. The number of aryl methyl sites for hydroxylation is 1. The summed E-state index contributed by atoms with van der Waals surface area (Å²) in [6.07, 6.45) is 0. The van der Waals surface area contributed by atoms with Gasteiger partial charge in [-0.15, -0.1) is 0 Å². The summed E-state index contributed by atoms with van der Waals surface area (Å²) in [4.78, 5) is 24.5. The highest BCUT2D eigenvalue weighted by molar-refractivity contribution is 6.14. The number of rotatable bonds is 1. The lowest BCUT2D eigenvalue weighted by Crippen LogP contribution is -2.33. The van der Waals surface area contributed by atoms with Crippen LogP contribution < -0.4 is 10.2 Å². The standard InChI is InChI=1S/C12H14N2O2/c1-7-5-4-6-10(8(7)2)14-9(3)11(15)13-12(14)16/h4-6,9H,1-3H3,(H,13,15,16). The average molecular weight is 218 g/mol. The summed E-state index contributed by atoms with van der Waals surface area (Å²) in [7, 11) is 0. The topological polar surface area (TPSA) is 49.4 Å². The summed E-state index contributed by atoms with van der Waals surface area (Å²) in [6.45, 7) is 5.66. The van der Waals surface area contributed by atoms with E-state index in [4.69, 9.17) is 0 Å². The van der Waals surface area contributed by atoms with Gasteiger partial charge in [-0.2, -0.15) is 0 Å². The summed E-state index contributed by atoms with van der Waals surface area (Å²) in [6, 6.07) is 4.95. The van der Waals surface area contributed by atoms with E-state index < -0.39 is 6.04 Å². The number of anilines is 1. The van der Waals surface area contributed by atoms with E-state index in [1.165, 1.54) is 4.90 Å². The molecule has 2 rings (SSSR count). The lowest BCUT2D eigenvalue weighted by Gasteiger charge is -2.21. The minimum atomic E-state index is -0.437. The highest BCUT2D eigenvalue weighted by atomic mass is 16.2. The molecular weight excluding hydrogens is 204 g/mol. The molecule has 0 saturated carbocycles. The fourth-order valence-corrected chi connectivity index (χ4v) is 1.88. The maximum absolute atomic E-state index is 11.7. The van der Waals surface area contributed by atoms with Crippen molar-refractivity contribution < 1.29 is 9.59 Å². The van der Waals surface area contributed by atoms with Crippen molar-refractivity contribution in [3.8, 4) is 0 Å². The second-order valence-electron chi connectivity index (χ2n) is 4.06. The van der Waals surface area contributed by atoms with E-state index in [0.717, 1.165) is 16.8 Å². The lowest BCUT2D eigenvalue weighted by atomic mass is 10.1. The summed E-state index contributed by atoms with van der Waals surface area (Å²) >= 11 is 0. The molecule has 4 heteroatoms. The molecule has 0 spiro atoms. The van der Waals surface area contributed by atoms with Gasteiger partial charge in [-0.25, -0.2) is 4.79 Å². The summed E-state index contributed by atoms with van der Waals surface area (Å²) < 4.78 is 0. The van der Waals surface area contributed by atoms with Crippen molar-refractivity contribution in [2.75, 3.05) is 4.90 Å². The van der Waals surface area contributed by atoms with E-state index in [-0.39, 0.29) is 11.9 Å². The Hall–Kier alpha value is -1.84. The van der Waals surface area contributed by atoms with Crippen LogP contribution >= 0.6 is 0 Å². The van der Waals surface area contributed by atoms with Crippen molar-refractivity contribution >= 4 is 17.6 Å². The van der Waals surface area contributed by atoms with Crippen LogP contribution in [-0.4, -0.2) is 18.0 Å². The molecule has 16 heavy (non-hydrogen) atoms. The van der Waals surface area contributed by atoms with Crippen molar-refractivity contribution in [3.05, 3.63) is 29.3 Å². The van der Waals surface area contributed by atoms with Gasteiger partial charge in [-0.3, -0.25) is 15.0 Å². The molecule has 0 bridgehead atoms. The van der Waals surface area contributed by atoms with Crippen LogP contribution in [0.25, 0.3) is 0 Å². The monoisotopic (exact) mass is 218 g/mol.